The molecule has 0 saturated carbocycles. The standard InChI is InChI=1S/C6H10F5NO/c7-5(8,4-13)3-12-2-1-6(9,10)11/h12-13H,1-4H2. The number of aliphatic hydroxyl groups is 1. The lowest BCUT2D eigenvalue weighted by atomic mass is 10.3. The molecule has 0 radical (unpaired) electrons. The minimum absolute atomic E-state index is 0.570. The Morgan fingerprint density at radius 1 is 1.08 bits per heavy atom. The van der Waals surface area contributed by atoms with Crippen LogP contribution in [-0.4, -0.2) is 36.9 Å². The Morgan fingerprint density at radius 2 is 1.62 bits per heavy atom. The van der Waals surface area contributed by atoms with Crippen LogP contribution in [0.2, 0.25) is 0 Å². The zero-order valence-corrected chi connectivity index (χ0v) is 6.67. The van der Waals surface area contributed by atoms with E-state index in [0.717, 1.165) is 0 Å². The van der Waals surface area contributed by atoms with Gasteiger partial charge in [0.15, 0.2) is 0 Å². The van der Waals surface area contributed by atoms with Gasteiger partial charge in [-0.25, -0.2) is 8.78 Å². The van der Waals surface area contributed by atoms with E-state index in [1.165, 1.54) is 0 Å². The van der Waals surface area contributed by atoms with Crippen molar-refractivity contribution in [2.24, 2.45) is 0 Å². The van der Waals surface area contributed by atoms with Crippen molar-refractivity contribution in [3.05, 3.63) is 0 Å². The number of hydrogen-bond acceptors (Lipinski definition) is 2. The predicted molar refractivity (Wildman–Crippen MR) is 35.6 cm³/mol. The molecular formula is C6H10F5NO. The summed E-state index contributed by atoms with van der Waals surface area (Å²) in [5, 5.41) is 9.94. The lowest BCUT2D eigenvalue weighted by Gasteiger charge is -2.14. The maximum absolute atomic E-state index is 12.2. The first kappa shape index (κ1) is 12.6. The Bertz CT molecular complexity index is 146. The van der Waals surface area contributed by atoms with Gasteiger partial charge in [0, 0.05) is 6.54 Å². The summed E-state index contributed by atoms with van der Waals surface area (Å²) in [6, 6.07) is 0. The normalized spacial score (nSPS) is 13.4. The summed E-state index contributed by atoms with van der Waals surface area (Å²) < 4.78 is 58.8. The van der Waals surface area contributed by atoms with E-state index in [1.54, 1.807) is 0 Å². The molecule has 0 aromatic carbocycles. The fraction of sp³-hybridized carbons (Fsp3) is 1.00. The highest BCUT2D eigenvalue weighted by Gasteiger charge is 2.29. The molecule has 0 rings (SSSR count). The number of hydrogen-bond donors (Lipinski definition) is 2. The van der Waals surface area contributed by atoms with Gasteiger partial charge in [0.2, 0.25) is 0 Å². The van der Waals surface area contributed by atoms with Gasteiger partial charge < -0.3 is 10.4 Å². The van der Waals surface area contributed by atoms with E-state index in [0.29, 0.717) is 0 Å². The minimum Gasteiger partial charge on any atom is -0.390 e. The van der Waals surface area contributed by atoms with E-state index in [9.17, 15) is 22.0 Å². The molecule has 0 spiro atoms. The molecule has 0 aromatic heterocycles. The van der Waals surface area contributed by atoms with Crippen molar-refractivity contribution in [1.29, 1.82) is 0 Å². The molecule has 0 aromatic rings. The summed E-state index contributed by atoms with van der Waals surface area (Å²) in [4.78, 5) is 0. The van der Waals surface area contributed by atoms with Crippen molar-refractivity contribution >= 4 is 0 Å². The van der Waals surface area contributed by atoms with Gasteiger partial charge >= 0.3 is 6.18 Å². The van der Waals surface area contributed by atoms with Crippen LogP contribution in [-0.2, 0) is 0 Å². The SMILES string of the molecule is OCC(F)(F)CNCCC(F)(F)F. The molecule has 0 aliphatic heterocycles. The average Bonchev–Trinajstić information content (AvgIpc) is 1.97. The Labute approximate surface area is 71.7 Å². The average molecular weight is 207 g/mol. The zero-order valence-electron chi connectivity index (χ0n) is 6.67. The van der Waals surface area contributed by atoms with Gasteiger partial charge in [0.05, 0.1) is 13.0 Å². The molecule has 0 amide bonds. The third-order valence-corrected chi connectivity index (χ3v) is 1.20. The van der Waals surface area contributed by atoms with Crippen LogP contribution in [0.5, 0.6) is 0 Å². The molecule has 0 saturated heterocycles. The van der Waals surface area contributed by atoms with Gasteiger partial charge in [-0.05, 0) is 0 Å². The summed E-state index contributed by atoms with van der Waals surface area (Å²) in [7, 11) is 0. The van der Waals surface area contributed by atoms with Gasteiger partial charge in [0.1, 0.15) is 6.61 Å². The highest BCUT2D eigenvalue weighted by molar-refractivity contribution is 4.68. The first-order valence-electron chi connectivity index (χ1n) is 3.53. The molecule has 0 heterocycles. The first-order valence-corrected chi connectivity index (χ1v) is 3.53. The molecule has 0 fully saturated rings. The highest BCUT2D eigenvalue weighted by atomic mass is 19.4. The van der Waals surface area contributed by atoms with Gasteiger partial charge in [-0.15, -0.1) is 0 Å². The molecule has 0 aliphatic carbocycles. The Morgan fingerprint density at radius 3 is 2.00 bits per heavy atom. The molecule has 7 heteroatoms. The maximum Gasteiger partial charge on any atom is 0.390 e. The van der Waals surface area contributed by atoms with Gasteiger partial charge in [0.25, 0.3) is 5.92 Å². The molecule has 0 bridgehead atoms. The van der Waals surface area contributed by atoms with Crippen LogP contribution in [0.3, 0.4) is 0 Å². The van der Waals surface area contributed by atoms with E-state index in [1.807, 2.05) is 5.32 Å². The smallest absolute Gasteiger partial charge is 0.390 e. The number of rotatable bonds is 5. The number of halogens is 5. The summed E-state index contributed by atoms with van der Waals surface area (Å²) in [5.41, 5.74) is 0. The van der Waals surface area contributed by atoms with Crippen LogP contribution in [0.25, 0.3) is 0 Å². The van der Waals surface area contributed by atoms with Crippen molar-refractivity contribution in [1.82, 2.24) is 5.32 Å². The third-order valence-electron chi connectivity index (χ3n) is 1.20. The molecular weight excluding hydrogens is 197 g/mol. The van der Waals surface area contributed by atoms with Crippen molar-refractivity contribution in [3.8, 4) is 0 Å². The minimum atomic E-state index is -4.35. The lowest BCUT2D eigenvalue weighted by molar-refractivity contribution is -0.134. The van der Waals surface area contributed by atoms with Crippen molar-refractivity contribution in [2.45, 2.75) is 18.5 Å². The monoisotopic (exact) mass is 207 g/mol. The lowest BCUT2D eigenvalue weighted by Crippen LogP contribution is -2.37. The maximum atomic E-state index is 12.2. The molecule has 0 unspecified atom stereocenters. The summed E-state index contributed by atoms with van der Waals surface area (Å²) >= 11 is 0. The molecule has 2 nitrogen and oxygen atoms in total. The largest absolute Gasteiger partial charge is 0.390 e. The van der Waals surface area contributed by atoms with E-state index >= 15 is 0 Å². The van der Waals surface area contributed by atoms with Crippen LogP contribution in [0, 0.1) is 0 Å². The summed E-state index contributed by atoms with van der Waals surface area (Å²) in [6.45, 7) is -2.88. The molecule has 0 aliphatic rings. The second kappa shape index (κ2) is 4.71. The summed E-state index contributed by atoms with van der Waals surface area (Å²) in [5.74, 6) is -3.36. The fourth-order valence-electron chi connectivity index (χ4n) is 0.557. The highest BCUT2D eigenvalue weighted by Crippen LogP contribution is 2.18. The predicted octanol–water partition coefficient (Wildman–Crippen LogP) is 1.16. The second-order valence-electron chi connectivity index (χ2n) is 2.56. The summed E-state index contributed by atoms with van der Waals surface area (Å²) in [6.07, 6.45) is -5.50. The second-order valence-corrected chi connectivity index (χ2v) is 2.56. The number of alkyl halides is 5. The van der Waals surface area contributed by atoms with E-state index in [-0.39, 0.29) is 0 Å². The topological polar surface area (TPSA) is 32.3 Å². The van der Waals surface area contributed by atoms with Crippen LogP contribution >= 0.6 is 0 Å². The van der Waals surface area contributed by atoms with Crippen molar-refractivity contribution < 1.29 is 27.1 Å². The number of aliphatic hydroxyl groups excluding tert-OH is 1. The van der Waals surface area contributed by atoms with Crippen LogP contribution in [0.1, 0.15) is 6.42 Å². The van der Waals surface area contributed by atoms with Crippen molar-refractivity contribution in [3.63, 3.8) is 0 Å². The Hall–Kier alpha value is -0.430. The van der Waals surface area contributed by atoms with Crippen LogP contribution in [0.15, 0.2) is 0 Å². The van der Waals surface area contributed by atoms with Gasteiger partial charge in [-0.3, -0.25) is 0 Å². The van der Waals surface area contributed by atoms with Crippen LogP contribution < -0.4 is 5.32 Å². The van der Waals surface area contributed by atoms with Gasteiger partial charge in [-0.2, -0.15) is 13.2 Å². The first-order chi connectivity index (χ1) is 5.77. The quantitative estimate of drug-likeness (QED) is 0.523. The van der Waals surface area contributed by atoms with Gasteiger partial charge in [-0.1, -0.05) is 0 Å². The molecule has 13 heavy (non-hydrogen) atoms. The molecule has 80 valence electrons. The van der Waals surface area contributed by atoms with Crippen LogP contribution in [0.4, 0.5) is 22.0 Å². The third kappa shape index (κ3) is 7.92. The fourth-order valence-corrected chi connectivity index (χ4v) is 0.557. The van der Waals surface area contributed by atoms with E-state index < -0.39 is 38.2 Å². The molecule has 2 N–H and O–H groups in total. The Balaban J connectivity index is 3.47. The molecule has 0 atom stereocenters. The Kier molecular flexibility index (Phi) is 4.55. The van der Waals surface area contributed by atoms with E-state index in [4.69, 9.17) is 5.11 Å². The zero-order chi connectivity index (χ0) is 10.5. The number of nitrogens with one attached hydrogen (secondary N) is 1. The van der Waals surface area contributed by atoms with Crippen molar-refractivity contribution in [2.75, 3.05) is 19.7 Å². The van der Waals surface area contributed by atoms with E-state index in [2.05, 4.69) is 0 Å².